The zero-order chi connectivity index (χ0) is 12.6. The number of benzene rings is 1. The smallest absolute Gasteiger partial charge is 0.229 e. The molecule has 2 rings (SSSR count). The number of carbonyl (C=O) groups excluding carboxylic acids is 1. The van der Waals surface area contributed by atoms with Gasteiger partial charge in [-0.2, -0.15) is 0 Å². The van der Waals surface area contributed by atoms with Gasteiger partial charge in [0.05, 0.1) is 12.2 Å². The van der Waals surface area contributed by atoms with E-state index in [1.165, 1.54) is 5.56 Å². The minimum atomic E-state index is 0.0154. The van der Waals surface area contributed by atoms with Crippen molar-refractivity contribution in [2.75, 3.05) is 18.1 Å². The van der Waals surface area contributed by atoms with Crippen molar-refractivity contribution in [2.45, 2.75) is 27.7 Å². The van der Waals surface area contributed by atoms with E-state index in [4.69, 9.17) is 4.74 Å². The number of aryl methyl sites for hydroxylation is 2. The summed E-state index contributed by atoms with van der Waals surface area (Å²) in [5, 5.41) is 0. The van der Waals surface area contributed by atoms with E-state index in [1.807, 2.05) is 38.7 Å². The van der Waals surface area contributed by atoms with Gasteiger partial charge in [0.25, 0.3) is 0 Å². The van der Waals surface area contributed by atoms with Crippen LogP contribution in [0.25, 0.3) is 0 Å². The van der Waals surface area contributed by atoms with Crippen LogP contribution in [0.4, 0.5) is 5.69 Å². The topological polar surface area (TPSA) is 29.5 Å². The SMILES string of the molecule is Cc1cc(C)c2c(c1)OCCN2C(=O)C(C)C. The Labute approximate surface area is 102 Å². The van der Waals surface area contributed by atoms with Crippen LogP contribution in [-0.4, -0.2) is 19.1 Å². The van der Waals surface area contributed by atoms with Crippen molar-refractivity contribution in [3.05, 3.63) is 23.3 Å². The highest BCUT2D eigenvalue weighted by molar-refractivity contribution is 5.97. The lowest BCUT2D eigenvalue weighted by Crippen LogP contribution is -2.40. The minimum Gasteiger partial charge on any atom is -0.490 e. The third-order valence-corrected chi connectivity index (χ3v) is 3.01. The van der Waals surface area contributed by atoms with Crippen molar-refractivity contribution >= 4 is 11.6 Å². The number of carbonyl (C=O) groups is 1. The number of amides is 1. The first-order valence-corrected chi connectivity index (χ1v) is 6.06. The van der Waals surface area contributed by atoms with Gasteiger partial charge in [-0.1, -0.05) is 19.9 Å². The molecule has 1 aliphatic rings. The Bertz CT molecular complexity index is 452. The molecule has 0 radical (unpaired) electrons. The standard InChI is InChI=1S/C14H19NO2/c1-9(2)14(16)15-5-6-17-12-8-10(3)7-11(4)13(12)15/h7-9H,5-6H2,1-4H3. The monoisotopic (exact) mass is 233 g/mol. The van der Waals surface area contributed by atoms with Crippen LogP contribution in [0.3, 0.4) is 0 Å². The quantitative estimate of drug-likeness (QED) is 0.746. The lowest BCUT2D eigenvalue weighted by Gasteiger charge is -2.32. The van der Waals surface area contributed by atoms with Gasteiger partial charge in [0, 0.05) is 5.92 Å². The fourth-order valence-corrected chi connectivity index (χ4v) is 2.27. The van der Waals surface area contributed by atoms with Crippen LogP contribution in [0.5, 0.6) is 5.75 Å². The minimum absolute atomic E-state index is 0.0154. The third kappa shape index (κ3) is 2.14. The highest BCUT2D eigenvalue weighted by Gasteiger charge is 2.26. The van der Waals surface area contributed by atoms with Gasteiger partial charge in [-0.15, -0.1) is 0 Å². The summed E-state index contributed by atoms with van der Waals surface area (Å²) in [6, 6.07) is 4.09. The first-order valence-electron chi connectivity index (χ1n) is 6.06. The van der Waals surface area contributed by atoms with Gasteiger partial charge in [-0.3, -0.25) is 4.79 Å². The molecule has 0 fully saturated rings. The van der Waals surface area contributed by atoms with Crippen LogP contribution in [0.1, 0.15) is 25.0 Å². The fraction of sp³-hybridized carbons (Fsp3) is 0.500. The Morgan fingerprint density at radius 2 is 2.06 bits per heavy atom. The van der Waals surface area contributed by atoms with Gasteiger partial charge >= 0.3 is 0 Å². The third-order valence-electron chi connectivity index (χ3n) is 3.01. The number of hydrogen-bond acceptors (Lipinski definition) is 2. The molecule has 1 heterocycles. The summed E-state index contributed by atoms with van der Waals surface area (Å²) >= 11 is 0. The average molecular weight is 233 g/mol. The molecule has 0 N–H and O–H groups in total. The predicted molar refractivity (Wildman–Crippen MR) is 68.6 cm³/mol. The summed E-state index contributed by atoms with van der Waals surface area (Å²) < 4.78 is 5.65. The van der Waals surface area contributed by atoms with E-state index >= 15 is 0 Å². The van der Waals surface area contributed by atoms with Gasteiger partial charge < -0.3 is 9.64 Å². The van der Waals surface area contributed by atoms with Gasteiger partial charge in [-0.25, -0.2) is 0 Å². The van der Waals surface area contributed by atoms with E-state index < -0.39 is 0 Å². The average Bonchev–Trinajstić information content (AvgIpc) is 2.26. The van der Waals surface area contributed by atoms with E-state index in [1.54, 1.807) is 0 Å². The molecule has 0 saturated carbocycles. The highest BCUT2D eigenvalue weighted by Crippen LogP contribution is 2.36. The molecule has 0 saturated heterocycles. The summed E-state index contributed by atoms with van der Waals surface area (Å²) in [6.45, 7) is 9.16. The normalized spacial score (nSPS) is 14.5. The van der Waals surface area contributed by atoms with Gasteiger partial charge in [0.15, 0.2) is 0 Å². The lowest BCUT2D eigenvalue weighted by atomic mass is 10.1. The molecule has 0 aliphatic carbocycles. The molecule has 1 aliphatic heterocycles. The van der Waals surface area contributed by atoms with Gasteiger partial charge in [0.1, 0.15) is 12.4 Å². The Morgan fingerprint density at radius 3 is 2.71 bits per heavy atom. The summed E-state index contributed by atoms with van der Waals surface area (Å²) in [7, 11) is 0. The molecular weight excluding hydrogens is 214 g/mol. The molecule has 1 aromatic rings. The molecular formula is C14H19NO2. The molecule has 3 nitrogen and oxygen atoms in total. The molecule has 0 aromatic heterocycles. The molecule has 17 heavy (non-hydrogen) atoms. The van der Waals surface area contributed by atoms with E-state index in [2.05, 4.69) is 6.07 Å². The molecule has 92 valence electrons. The fourth-order valence-electron chi connectivity index (χ4n) is 2.27. The van der Waals surface area contributed by atoms with E-state index in [9.17, 15) is 4.79 Å². The summed E-state index contributed by atoms with van der Waals surface area (Å²) in [4.78, 5) is 14.0. The van der Waals surface area contributed by atoms with Crippen LogP contribution in [0, 0.1) is 19.8 Å². The zero-order valence-electron chi connectivity index (χ0n) is 10.9. The Morgan fingerprint density at radius 1 is 1.35 bits per heavy atom. The number of nitrogens with zero attached hydrogens (tertiary/aromatic N) is 1. The number of hydrogen-bond donors (Lipinski definition) is 0. The summed E-state index contributed by atoms with van der Waals surface area (Å²) in [5.41, 5.74) is 3.22. The van der Waals surface area contributed by atoms with Gasteiger partial charge in [-0.05, 0) is 31.0 Å². The molecule has 1 aromatic carbocycles. The maximum Gasteiger partial charge on any atom is 0.229 e. The van der Waals surface area contributed by atoms with Gasteiger partial charge in [0.2, 0.25) is 5.91 Å². The summed E-state index contributed by atoms with van der Waals surface area (Å²) in [6.07, 6.45) is 0. The van der Waals surface area contributed by atoms with Crippen LogP contribution in [-0.2, 0) is 4.79 Å². The first kappa shape index (κ1) is 12.0. The summed E-state index contributed by atoms with van der Waals surface area (Å²) in [5.74, 6) is 1.02. The van der Waals surface area contributed by atoms with Crippen molar-refractivity contribution in [1.29, 1.82) is 0 Å². The van der Waals surface area contributed by atoms with Crippen LogP contribution >= 0.6 is 0 Å². The molecule has 1 amide bonds. The molecule has 0 atom stereocenters. The van der Waals surface area contributed by atoms with E-state index in [0.29, 0.717) is 13.2 Å². The second kappa shape index (κ2) is 4.40. The highest BCUT2D eigenvalue weighted by atomic mass is 16.5. The number of rotatable bonds is 1. The van der Waals surface area contributed by atoms with Crippen molar-refractivity contribution in [1.82, 2.24) is 0 Å². The predicted octanol–water partition coefficient (Wildman–Crippen LogP) is 2.68. The van der Waals surface area contributed by atoms with Crippen molar-refractivity contribution < 1.29 is 9.53 Å². The van der Waals surface area contributed by atoms with E-state index in [0.717, 1.165) is 17.0 Å². The number of ether oxygens (including phenoxy) is 1. The first-order chi connectivity index (χ1) is 8.00. The number of fused-ring (bicyclic) bond motifs is 1. The maximum atomic E-state index is 12.2. The molecule has 3 heteroatoms. The molecule has 0 bridgehead atoms. The maximum absolute atomic E-state index is 12.2. The molecule has 0 unspecified atom stereocenters. The van der Waals surface area contributed by atoms with Crippen LogP contribution < -0.4 is 9.64 Å². The number of anilines is 1. The lowest BCUT2D eigenvalue weighted by molar-refractivity contribution is -0.121. The Hall–Kier alpha value is -1.51. The van der Waals surface area contributed by atoms with Crippen molar-refractivity contribution in [3.63, 3.8) is 0 Å². The van der Waals surface area contributed by atoms with E-state index in [-0.39, 0.29) is 11.8 Å². The second-order valence-electron chi connectivity index (χ2n) is 4.92. The van der Waals surface area contributed by atoms with Crippen LogP contribution in [0.2, 0.25) is 0 Å². The van der Waals surface area contributed by atoms with Crippen molar-refractivity contribution in [2.24, 2.45) is 5.92 Å². The Kier molecular flexibility index (Phi) is 3.09. The largest absolute Gasteiger partial charge is 0.490 e. The molecule has 0 spiro atoms. The van der Waals surface area contributed by atoms with Crippen molar-refractivity contribution in [3.8, 4) is 5.75 Å². The second-order valence-corrected chi connectivity index (χ2v) is 4.92. The Balaban J connectivity index is 2.47. The van der Waals surface area contributed by atoms with Crippen LogP contribution in [0.15, 0.2) is 12.1 Å². The zero-order valence-corrected chi connectivity index (χ0v) is 10.9.